The molecule has 0 radical (unpaired) electrons. The summed E-state index contributed by atoms with van der Waals surface area (Å²) in [6.45, 7) is 0.232. The maximum absolute atomic E-state index is 12.5. The van der Waals surface area contributed by atoms with Crippen molar-refractivity contribution >= 4 is 22.9 Å². The van der Waals surface area contributed by atoms with Crippen molar-refractivity contribution in [2.45, 2.75) is 6.54 Å². The number of amides is 1. The molecule has 0 aliphatic rings. The van der Waals surface area contributed by atoms with Crippen LogP contribution in [0.15, 0.2) is 48.8 Å². The number of nitrogens with one attached hydrogen (secondary N) is 1. The lowest BCUT2D eigenvalue weighted by Gasteiger charge is -2.16. The van der Waals surface area contributed by atoms with Crippen molar-refractivity contribution < 1.29 is 9.72 Å². The molecule has 3 aromatic rings. The number of carbonyl (C=O) groups excluding carboxylic acids is 1. The highest BCUT2D eigenvalue weighted by molar-refractivity contribution is 6.00. The lowest BCUT2D eigenvalue weighted by molar-refractivity contribution is -0.384. The summed E-state index contributed by atoms with van der Waals surface area (Å²) in [4.78, 5) is 29.2. The largest absolute Gasteiger partial charge is 0.377 e. The second-order valence-electron chi connectivity index (χ2n) is 5.73. The minimum atomic E-state index is -0.516. The molecule has 0 unspecified atom stereocenters. The van der Waals surface area contributed by atoms with Gasteiger partial charge >= 0.3 is 0 Å². The molecule has 128 valence electrons. The third-order valence-corrected chi connectivity index (χ3v) is 3.76. The first-order chi connectivity index (χ1) is 12.0. The van der Waals surface area contributed by atoms with Gasteiger partial charge in [0, 0.05) is 44.3 Å². The average Bonchev–Trinajstić information content (AvgIpc) is 3.01. The number of nitro groups is 1. The van der Waals surface area contributed by atoms with E-state index in [1.807, 2.05) is 35.0 Å². The number of aromatic nitrogens is 2. The van der Waals surface area contributed by atoms with E-state index in [9.17, 15) is 14.9 Å². The summed E-state index contributed by atoms with van der Waals surface area (Å²) < 4.78 is 1.86. The average molecular weight is 339 g/mol. The van der Waals surface area contributed by atoms with E-state index in [2.05, 4.69) is 10.3 Å². The minimum absolute atomic E-state index is 0.122. The highest BCUT2D eigenvalue weighted by Crippen LogP contribution is 2.24. The van der Waals surface area contributed by atoms with Crippen LogP contribution in [-0.2, 0) is 6.54 Å². The standard InChI is InChI=1S/C17H17N5O3/c1-20(2)15-7-6-13(22(24)25)9-14(15)17(23)18-10-12-11-21-8-4-3-5-16(21)19-12/h3-9,11H,10H2,1-2H3,(H,18,23). The number of fused-ring (bicyclic) bond motifs is 1. The van der Waals surface area contributed by atoms with Crippen molar-refractivity contribution in [1.29, 1.82) is 0 Å². The Balaban J connectivity index is 1.82. The summed E-state index contributed by atoms with van der Waals surface area (Å²) in [6, 6.07) is 9.89. The lowest BCUT2D eigenvalue weighted by Crippen LogP contribution is -2.25. The van der Waals surface area contributed by atoms with E-state index in [1.54, 1.807) is 25.1 Å². The molecule has 0 aliphatic heterocycles. The fourth-order valence-electron chi connectivity index (χ4n) is 2.55. The first-order valence-electron chi connectivity index (χ1n) is 7.62. The molecule has 2 heterocycles. The number of nitro benzene ring substituents is 1. The summed E-state index contributed by atoms with van der Waals surface area (Å²) >= 11 is 0. The van der Waals surface area contributed by atoms with E-state index >= 15 is 0 Å². The maximum atomic E-state index is 12.5. The first-order valence-corrected chi connectivity index (χ1v) is 7.62. The highest BCUT2D eigenvalue weighted by atomic mass is 16.6. The van der Waals surface area contributed by atoms with Crippen molar-refractivity contribution in [2.75, 3.05) is 19.0 Å². The monoisotopic (exact) mass is 339 g/mol. The quantitative estimate of drug-likeness (QED) is 0.568. The molecule has 0 saturated carbocycles. The molecule has 1 aromatic carbocycles. The number of hydrogen-bond acceptors (Lipinski definition) is 5. The van der Waals surface area contributed by atoms with Gasteiger partial charge in [-0.1, -0.05) is 6.07 Å². The van der Waals surface area contributed by atoms with E-state index in [1.165, 1.54) is 12.1 Å². The number of carbonyl (C=O) groups is 1. The Morgan fingerprint density at radius 2 is 2.12 bits per heavy atom. The van der Waals surface area contributed by atoms with Crippen molar-refractivity contribution in [3.05, 3.63) is 70.2 Å². The van der Waals surface area contributed by atoms with Gasteiger partial charge in [0.2, 0.25) is 0 Å². The lowest BCUT2D eigenvalue weighted by atomic mass is 10.1. The van der Waals surface area contributed by atoms with Crippen LogP contribution in [0.4, 0.5) is 11.4 Å². The van der Waals surface area contributed by atoms with Crippen LogP contribution >= 0.6 is 0 Å². The van der Waals surface area contributed by atoms with Crippen molar-refractivity contribution in [3.8, 4) is 0 Å². The number of non-ortho nitro benzene ring substituents is 1. The Morgan fingerprint density at radius 1 is 1.32 bits per heavy atom. The molecular weight excluding hydrogens is 322 g/mol. The molecule has 25 heavy (non-hydrogen) atoms. The third kappa shape index (κ3) is 3.42. The third-order valence-electron chi connectivity index (χ3n) is 3.76. The van der Waals surface area contributed by atoms with Gasteiger partial charge in [-0.25, -0.2) is 4.98 Å². The Bertz CT molecular complexity index is 915. The van der Waals surface area contributed by atoms with E-state index in [0.717, 1.165) is 5.65 Å². The number of anilines is 1. The smallest absolute Gasteiger partial charge is 0.270 e. The first kappa shape index (κ1) is 16.4. The van der Waals surface area contributed by atoms with Gasteiger partial charge in [-0.05, 0) is 18.2 Å². The molecule has 1 amide bonds. The molecular formula is C17H17N5O3. The van der Waals surface area contributed by atoms with Gasteiger partial charge in [-0.15, -0.1) is 0 Å². The number of benzene rings is 1. The molecule has 0 aliphatic carbocycles. The topological polar surface area (TPSA) is 92.8 Å². The van der Waals surface area contributed by atoms with Gasteiger partial charge in [-0.3, -0.25) is 14.9 Å². The Kier molecular flexibility index (Phi) is 4.34. The molecule has 0 fully saturated rings. The summed E-state index contributed by atoms with van der Waals surface area (Å²) in [5.41, 5.74) is 2.23. The SMILES string of the molecule is CN(C)c1ccc([N+](=O)[O-])cc1C(=O)NCc1cn2ccccc2n1. The van der Waals surface area contributed by atoms with Gasteiger partial charge in [0.05, 0.1) is 22.7 Å². The zero-order chi connectivity index (χ0) is 18.0. The highest BCUT2D eigenvalue weighted by Gasteiger charge is 2.18. The van der Waals surface area contributed by atoms with Crippen LogP contribution in [0.5, 0.6) is 0 Å². The van der Waals surface area contributed by atoms with Crippen LogP contribution in [0.25, 0.3) is 5.65 Å². The second-order valence-corrected chi connectivity index (χ2v) is 5.73. The van der Waals surface area contributed by atoms with Gasteiger partial charge in [0.15, 0.2) is 0 Å². The normalized spacial score (nSPS) is 10.6. The van der Waals surface area contributed by atoms with E-state index in [4.69, 9.17) is 0 Å². The summed E-state index contributed by atoms with van der Waals surface area (Å²) in [5.74, 6) is -0.385. The zero-order valence-corrected chi connectivity index (χ0v) is 13.8. The van der Waals surface area contributed by atoms with Crippen molar-refractivity contribution in [1.82, 2.24) is 14.7 Å². The summed E-state index contributed by atoms with van der Waals surface area (Å²) in [5, 5.41) is 13.8. The molecule has 8 heteroatoms. The van der Waals surface area contributed by atoms with Crippen molar-refractivity contribution in [3.63, 3.8) is 0 Å². The van der Waals surface area contributed by atoms with E-state index < -0.39 is 4.92 Å². The molecule has 0 atom stereocenters. The molecule has 2 aromatic heterocycles. The summed E-state index contributed by atoms with van der Waals surface area (Å²) in [7, 11) is 3.56. The second kappa shape index (κ2) is 6.60. The Hall–Kier alpha value is -3.42. The molecule has 8 nitrogen and oxygen atoms in total. The van der Waals surface area contributed by atoms with Crippen LogP contribution in [0, 0.1) is 10.1 Å². The van der Waals surface area contributed by atoms with Crippen LogP contribution in [0.2, 0.25) is 0 Å². The molecule has 0 bridgehead atoms. The Morgan fingerprint density at radius 3 is 2.80 bits per heavy atom. The number of imidazole rings is 1. The number of hydrogen-bond donors (Lipinski definition) is 1. The van der Waals surface area contributed by atoms with Crippen LogP contribution in [0.1, 0.15) is 16.1 Å². The summed E-state index contributed by atoms with van der Waals surface area (Å²) in [6.07, 6.45) is 3.70. The predicted octanol–water partition coefficient (Wildman–Crippen LogP) is 2.24. The maximum Gasteiger partial charge on any atom is 0.270 e. The number of pyridine rings is 1. The minimum Gasteiger partial charge on any atom is -0.377 e. The molecule has 3 rings (SSSR count). The molecule has 0 spiro atoms. The van der Waals surface area contributed by atoms with Gasteiger partial charge in [0.25, 0.3) is 11.6 Å². The van der Waals surface area contributed by atoms with Crippen molar-refractivity contribution in [2.24, 2.45) is 0 Å². The van der Waals surface area contributed by atoms with Crippen LogP contribution in [-0.4, -0.2) is 34.3 Å². The van der Waals surface area contributed by atoms with Crippen LogP contribution < -0.4 is 10.2 Å². The predicted molar refractivity (Wildman–Crippen MR) is 93.8 cm³/mol. The van der Waals surface area contributed by atoms with Gasteiger partial charge < -0.3 is 14.6 Å². The van der Waals surface area contributed by atoms with E-state index in [-0.39, 0.29) is 23.7 Å². The van der Waals surface area contributed by atoms with E-state index in [0.29, 0.717) is 11.4 Å². The van der Waals surface area contributed by atoms with Gasteiger partial charge in [0.1, 0.15) is 5.65 Å². The van der Waals surface area contributed by atoms with Crippen LogP contribution in [0.3, 0.4) is 0 Å². The fraction of sp³-hybridized carbons (Fsp3) is 0.176. The fourth-order valence-corrected chi connectivity index (χ4v) is 2.55. The Labute approximate surface area is 143 Å². The molecule has 0 saturated heterocycles. The zero-order valence-electron chi connectivity index (χ0n) is 13.8. The van der Waals surface area contributed by atoms with Gasteiger partial charge in [-0.2, -0.15) is 0 Å². The number of rotatable bonds is 5. The molecule has 1 N–H and O–H groups in total. The number of nitrogens with zero attached hydrogens (tertiary/aromatic N) is 4.